The van der Waals surface area contributed by atoms with Crippen molar-refractivity contribution in [3.63, 3.8) is 0 Å². The molecule has 25 heavy (non-hydrogen) atoms. The summed E-state index contributed by atoms with van der Waals surface area (Å²) in [6.45, 7) is 3.52. The average molecular weight is 341 g/mol. The van der Waals surface area contributed by atoms with Crippen molar-refractivity contribution >= 4 is 0 Å². The molecule has 2 unspecified atom stereocenters. The van der Waals surface area contributed by atoms with Gasteiger partial charge in [-0.3, -0.25) is 4.90 Å². The second-order valence-electron chi connectivity index (χ2n) is 6.78. The van der Waals surface area contributed by atoms with Gasteiger partial charge in [-0.2, -0.15) is 0 Å². The lowest BCUT2D eigenvalue weighted by Crippen LogP contribution is -2.33. The van der Waals surface area contributed by atoms with Crippen LogP contribution in [0.4, 0.5) is 0 Å². The molecule has 2 atom stereocenters. The Hall–Kier alpha value is -2.18. The SMILES string of the molecule is COc1ccc(CN2CCC3(CC(Oc4ncccn4)CO3)C2)cc1. The van der Waals surface area contributed by atoms with Crippen molar-refractivity contribution in [1.82, 2.24) is 14.9 Å². The summed E-state index contributed by atoms with van der Waals surface area (Å²) in [5, 5.41) is 0. The molecule has 2 aliphatic heterocycles. The third-order valence-electron chi connectivity index (χ3n) is 4.95. The van der Waals surface area contributed by atoms with Gasteiger partial charge in [0.2, 0.25) is 0 Å². The zero-order chi connectivity index (χ0) is 17.1. The van der Waals surface area contributed by atoms with Crippen LogP contribution in [0.3, 0.4) is 0 Å². The van der Waals surface area contributed by atoms with E-state index in [0.717, 1.165) is 38.2 Å². The van der Waals surface area contributed by atoms with Crippen molar-refractivity contribution in [1.29, 1.82) is 0 Å². The number of likely N-dealkylation sites (tertiary alicyclic amines) is 1. The van der Waals surface area contributed by atoms with Crippen molar-refractivity contribution in [2.24, 2.45) is 0 Å². The number of nitrogens with zero attached hydrogens (tertiary/aromatic N) is 3. The largest absolute Gasteiger partial charge is 0.497 e. The Morgan fingerprint density at radius 3 is 2.80 bits per heavy atom. The lowest BCUT2D eigenvalue weighted by atomic mass is 9.98. The molecule has 0 saturated carbocycles. The molecule has 1 aromatic carbocycles. The van der Waals surface area contributed by atoms with Crippen LogP contribution >= 0.6 is 0 Å². The third-order valence-corrected chi connectivity index (χ3v) is 4.95. The molecule has 132 valence electrons. The zero-order valence-electron chi connectivity index (χ0n) is 14.4. The summed E-state index contributed by atoms with van der Waals surface area (Å²) in [4.78, 5) is 10.7. The minimum Gasteiger partial charge on any atom is -0.497 e. The van der Waals surface area contributed by atoms with Crippen molar-refractivity contribution in [3.8, 4) is 11.8 Å². The molecule has 2 saturated heterocycles. The molecular weight excluding hydrogens is 318 g/mol. The van der Waals surface area contributed by atoms with Crippen molar-refractivity contribution < 1.29 is 14.2 Å². The number of benzene rings is 1. The van der Waals surface area contributed by atoms with Gasteiger partial charge in [0, 0.05) is 38.4 Å². The first-order valence-electron chi connectivity index (χ1n) is 8.68. The van der Waals surface area contributed by atoms with Crippen molar-refractivity contribution in [2.75, 3.05) is 26.8 Å². The first-order valence-corrected chi connectivity index (χ1v) is 8.68. The summed E-state index contributed by atoms with van der Waals surface area (Å²) in [5.41, 5.74) is 1.20. The number of hydrogen-bond acceptors (Lipinski definition) is 6. The maximum absolute atomic E-state index is 6.15. The first kappa shape index (κ1) is 16.3. The number of hydrogen-bond donors (Lipinski definition) is 0. The van der Waals surface area contributed by atoms with E-state index in [1.54, 1.807) is 25.6 Å². The van der Waals surface area contributed by atoms with Crippen molar-refractivity contribution in [2.45, 2.75) is 31.1 Å². The van der Waals surface area contributed by atoms with E-state index in [0.29, 0.717) is 12.6 Å². The van der Waals surface area contributed by atoms with E-state index < -0.39 is 0 Å². The molecule has 6 nitrogen and oxygen atoms in total. The van der Waals surface area contributed by atoms with Gasteiger partial charge < -0.3 is 14.2 Å². The van der Waals surface area contributed by atoms with E-state index in [4.69, 9.17) is 14.2 Å². The molecule has 4 rings (SSSR count). The fraction of sp³-hybridized carbons (Fsp3) is 0.474. The average Bonchev–Trinajstić information content (AvgIpc) is 3.23. The summed E-state index contributed by atoms with van der Waals surface area (Å²) < 4.78 is 17.2. The van der Waals surface area contributed by atoms with Crippen molar-refractivity contribution in [3.05, 3.63) is 48.3 Å². The van der Waals surface area contributed by atoms with E-state index >= 15 is 0 Å². The summed E-state index contributed by atoms with van der Waals surface area (Å²) in [5.74, 6) is 0.892. The topological polar surface area (TPSA) is 56.7 Å². The predicted octanol–water partition coefficient (Wildman–Crippen LogP) is 2.30. The maximum atomic E-state index is 6.15. The van der Waals surface area contributed by atoms with Crippen LogP contribution < -0.4 is 9.47 Å². The summed E-state index contributed by atoms with van der Waals surface area (Å²) in [7, 11) is 1.69. The molecular formula is C19H23N3O3. The van der Waals surface area contributed by atoms with Crippen LogP contribution in [0.25, 0.3) is 0 Å². The Kier molecular flexibility index (Phi) is 4.55. The van der Waals surface area contributed by atoms with Crippen LogP contribution in [0.5, 0.6) is 11.8 Å². The zero-order valence-corrected chi connectivity index (χ0v) is 14.4. The van der Waals surface area contributed by atoms with Crippen LogP contribution in [0, 0.1) is 0 Å². The molecule has 1 spiro atoms. The second kappa shape index (κ2) is 6.98. The van der Waals surface area contributed by atoms with Gasteiger partial charge in [-0.1, -0.05) is 12.1 Å². The molecule has 2 aliphatic rings. The first-order chi connectivity index (χ1) is 12.2. The quantitative estimate of drug-likeness (QED) is 0.832. The van der Waals surface area contributed by atoms with Gasteiger partial charge >= 0.3 is 6.01 Å². The minimum absolute atomic E-state index is 0.0309. The molecule has 0 bridgehead atoms. The molecule has 6 heteroatoms. The molecule has 0 radical (unpaired) electrons. The standard InChI is InChI=1S/C19H23N3O3/c1-23-16-5-3-15(4-6-16)12-22-10-7-19(14-22)11-17(13-24-19)25-18-20-8-2-9-21-18/h2-6,8-9,17H,7,10-14H2,1H3. The Morgan fingerprint density at radius 1 is 1.24 bits per heavy atom. The number of rotatable bonds is 5. The Bertz CT molecular complexity index is 695. The number of ether oxygens (including phenoxy) is 3. The van der Waals surface area contributed by atoms with Crippen LogP contribution in [-0.2, 0) is 11.3 Å². The van der Waals surface area contributed by atoms with E-state index in [2.05, 4.69) is 27.0 Å². The van der Waals surface area contributed by atoms with Gasteiger partial charge in [-0.15, -0.1) is 0 Å². The Labute approximate surface area is 147 Å². The smallest absolute Gasteiger partial charge is 0.316 e. The lowest BCUT2D eigenvalue weighted by molar-refractivity contribution is 0.00911. The highest BCUT2D eigenvalue weighted by atomic mass is 16.6. The highest BCUT2D eigenvalue weighted by Crippen LogP contribution is 2.36. The molecule has 2 fully saturated rings. The molecule has 1 aromatic heterocycles. The molecule has 0 amide bonds. The number of aromatic nitrogens is 2. The third kappa shape index (κ3) is 3.75. The Balaban J connectivity index is 1.32. The fourth-order valence-electron chi connectivity index (χ4n) is 3.71. The minimum atomic E-state index is -0.0914. The van der Waals surface area contributed by atoms with Gasteiger partial charge in [-0.05, 0) is 30.2 Å². The van der Waals surface area contributed by atoms with Crippen LogP contribution in [0.15, 0.2) is 42.7 Å². The fourth-order valence-corrected chi connectivity index (χ4v) is 3.71. The van der Waals surface area contributed by atoms with E-state index in [1.807, 2.05) is 12.1 Å². The van der Waals surface area contributed by atoms with Gasteiger partial charge in [0.05, 0.1) is 19.3 Å². The number of methoxy groups -OCH3 is 1. The van der Waals surface area contributed by atoms with E-state index in [9.17, 15) is 0 Å². The van der Waals surface area contributed by atoms with E-state index in [1.165, 1.54) is 5.56 Å². The molecule has 0 N–H and O–H groups in total. The second-order valence-corrected chi connectivity index (χ2v) is 6.78. The molecule has 3 heterocycles. The maximum Gasteiger partial charge on any atom is 0.316 e. The van der Waals surface area contributed by atoms with Gasteiger partial charge in [-0.25, -0.2) is 9.97 Å². The Morgan fingerprint density at radius 2 is 2.04 bits per heavy atom. The summed E-state index contributed by atoms with van der Waals surface area (Å²) in [6, 6.07) is 10.5. The summed E-state index contributed by atoms with van der Waals surface area (Å²) >= 11 is 0. The molecule has 2 aromatic rings. The van der Waals surface area contributed by atoms with Gasteiger partial charge in [0.15, 0.2) is 0 Å². The molecule has 0 aliphatic carbocycles. The predicted molar refractivity (Wildman–Crippen MR) is 92.6 cm³/mol. The highest BCUT2D eigenvalue weighted by Gasteiger charge is 2.46. The van der Waals surface area contributed by atoms with Crippen LogP contribution in [0.1, 0.15) is 18.4 Å². The van der Waals surface area contributed by atoms with Gasteiger partial charge in [0.25, 0.3) is 0 Å². The monoisotopic (exact) mass is 341 g/mol. The van der Waals surface area contributed by atoms with E-state index in [-0.39, 0.29) is 11.7 Å². The normalized spacial score (nSPS) is 26.2. The highest BCUT2D eigenvalue weighted by molar-refractivity contribution is 5.27. The van der Waals surface area contributed by atoms with Crippen LogP contribution in [-0.4, -0.2) is 53.4 Å². The van der Waals surface area contributed by atoms with Crippen LogP contribution in [0.2, 0.25) is 0 Å². The summed E-state index contributed by atoms with van der Waals surface area (Å²) in [6.07, 6.45) is 5.35. The van der Waals surface area contributed by atoms with Gasteiger partial charge in [0.1, 0.15) is 11.9 Å². The lowest BCUT2D eigenvalue weighted by Gasteiger charge is -2.23.